The molecule has 19 heavy (non-hydrogen) atoms. The Morgan fingerprint density at radius 2 is 2.11 bits per heavy atom. The first kappa shape index (κ1) is 12.1. The van der Waals surface area contributed by atoms with Crippen LogP contribution in [0.4, 0.5) is 0 Å². The Hall–Kier alpha value is -1.98. The van der Waals surface area contributed by atoms with Crippen molar-refractivity contribution in [3.05, 3.63) is 22.8 Å². The number of aliphatic carboxylic acids is 1. The molecule has 1 fully saturated rings. The van der Waals surface area contributed by atoms with Crippen LogP contribution in [0.2, 0.25) is 0 Å². The van der Waals surface area contributed by atoms with E-state index in [1.807, 2.05) is 13.8 Å². The van der Waals surface area contributed by atoms with Gasteiger partial charge >= 0.3 is 5.97 Å². The minimum Gasteiger partial charge on any atom is -0.481 e. The molecule has 0 aromatic carbocycles. The summed E-state index contributed by atoms with van der Waals surface area (Å²) in [5.74, 6) is 1.18. The van der Waals surface area contributed by atoms with E-state index < -0.39 is 5.97 Å². The largest absolute Gasteiger partial charge is 0.481 e. The standard InChI is InChI=1S/C13H16N4O2/c1-7-10(5-6-11(18)19)8(2)17-13(14-7)15-12(16-17)9-3-4-9/h9H,3-6H2,1-2H3,(H,18,19). The third kappa shape index (κ3) is 2.18. The topological polar surface area (TPSA) is 80.4 Å². The van der Waals surface area contributed by atoms with Gasteiger partial charge in [-0.3, -0.25) is 4.79 Å². The summed E-state index contributed by atoms with van der Waals surface area (Å²) >= 11 is 0. The summed E-state index contributed by atoms with van der Waals surface area (Å²) in [5, 5.41) is 13.3. The summed E-state index contributed by atoms with van der Waals surface area (Å²) in [4.78, 5) is 19.6. The van der Waals surface area contributed by atoms with E-state index in [2.05, 4.69) is 15.1 Å². The van der Waals surface area contributed by atoms with Gasteiger partial charge in [0.15, 0.2) is 5.82 Å². The van der Waals surface area contributed by atoms with Crippen LogP contribution in [0.15, 0.2) is 0 Å². The quantitative estimate of drug-likeness (QED) is 0.903. The molecule has 0 amide bonds. The van der Waals surface area contributed by atoms with Gasteiger partial charge < -0.3 is 5.11 Å². The lowest BCUT2D eigenvalue weighted by Gasteiger charge is -2.08. The predicted octanol–water partition coefficient (Wildman–Crippen LogP) is 1.64. The normalized spacial score (nSPS) is 15.1. The van der Waals surface area contributed by atoms with Crippen LogP contribution in [0, 0.1) is 13.8 Å². The van der Waals surface area contributed by atoms with Crippen molar-refractivity contribution in [2.75, 3.05) is 0 Å². The van der Waals surface area contributed by atoms with Crippen molar-refractivity contribution in [1.29, 1.82) is 0 Å². The van der Waals surface area contributed by atoms with E-state index in [1.54, 1.807) is 4.52 Å². The SMILES string of the molecule is Cc1nc2nc(C3CC3)nn2c(C)c1CCC(=O)O. The average molecular weight is 260 g/mol. The van der Waals surface area contributed by atoms with Gasteiger partial charge in [0.2, 0.25) is 0 Å². The molecule has 2 heterocycles. The fourth-order valence-electron chi connectivity index (χ4n) is 2.33. The number of nitrogens with zero attached hydrogens (tertiary/aromatic N) is 4. The summed E-state index contributed by atoms with van der Waals surface area (Å²) in [7, 11) is 0. The second-order valence-electron chi connectivity index (χ2n) is 5.11. The van der Waals surface area contributed by atoms with Gasteiger partial charge in [0, 0.05) is 23.7 Å². The molecule has 0 radical (unpaired) electrons. The maximum absolute atomic E-state index is 10.7. The molecule has 0 atom stereocenters. The van der Waals surface area contributed by atoms with Crippen LogP contribution in [0.3, 0.4) is 0 Å². The molecule has 6 heteroatoms. The van der Waals surface area contributed by atoms with Crippen LogP contribution < -0.4 is 0 Å². The van der Waals surface area contributed by atoms with Gasteiger partial charge in [0.1, 0.15) is 0 Å². The summed E-state index contributed by atoms with van der Waals surface area (Å²) in [5.41, 5.74) is 2.76. The Bertz CT molecular complexity index is 658. The second-order valence-corrected chi connectivity index (χ2v) is 5.11. The third-order valence-electron chi connectivity index (χ3n) is 3.60. The molecule has 1 aliphatic rings. The molecule has 0 aliphatic heterocycles. The first-order valence-electron chi connectivity index (χ1n) is 6.51. The number of carboxylic acids is 1. The first-order valence-corrected chi connectivity index (χ1v) is 6.51. The first-order chi connectivity index (χ1) is 9.06. The molecule has 0 bridgehead atoms. The van der Waals surface area contributed by atoms with Crippen molar-refractivity contribution in [3.8, 4) is 0 Å². The van der Waals surface area contributed by atoms with Gasteiger partial charge in [-0.25, -0.2) is 9.50 Å². The van der Waals surface area contributed by atoms with E-state index in [9.17, 15) is 4.79 Å². The van der Waals surface area contributed by atoms with E-state index in [4.69, 9.17) is 5.11 Å². The summed E-state index contributed by atoms with van der Waals surface area (Å²) < 4.78 is 1.75. The molecule has 2 aromatic rings. The minimum atomic E-state index is -0.795. The van der Waals surface area contributed by atoms with E-state index in [1.165, 1.54) is 0 Å². The molecule has 3 rings (SSSR count). The highest BCUT2D eigenvalue weighted by Crippen LogP contribution is 2.38. The number of aryl methyl sites for hydroxylation is 2. The van der Waals surface area contributed by atoms with Gasteiger partial charge in [-0.15, -0.1) is 5.10 Å². The van der Waals surface area contributed by atoms with Crippen molar-refractivity contribution in [2.24, 2.45) is 0 Å². The lowest BCUT2D eigenvalue weighted by Crippen LogP contribution is -2.08. The number of fused-ring (bicyclic) bond motifs is 1. The van der Waals surface area contributed by atoms with Crippen molar-refractivity contribution in [3.63, 3.8) is 0 Å². The lowest BCUT2D eigenvalue weighted by molar-refractivity contribution is -0.136. The Balaban J connectivity index is 2.04. The van der Waals surface area contributed by atoms with Crippen molar-refractivity contribution >= 4 is 11.7 Å². The number of hydrogen-bond donors (Lipinski definition) is 1. The molecule has 1 saturated carbocycles. The Morgan fingerprint density at radius 1 is 1.37 bits per heavy atom. The Morgan fingerprint density at radius 3 is 2.74 bits per heavy atom. The minimum absolute atomic E-state index is 0.110. The Kier molecular flexibility index (Phi) is 2.73. The fourth-order valence-corrected chi connectivity index (χ4v) is 2.33. The van der Waals surface area contributed by atoms with Gasteiger partial charge in [-0.05, 0) is 38.7 Å². The molecular formula is C13H16N4O2. The third-order valence-corrected chi connectivity index (χ3v) is 3.60. The van der Waals surface area contributed by atoms with Crippen LogP contribution in [0.5, 0.6) is 0 Å². The molecule has 0 unspecified atom stereocenters. The molecule has 1 aliphatic carbocycles. The maximum Gasteiger partial charge on any atom is 0.303 e. The zero-order chi connectivity index (χ0) is 13.6. The van der Waals surface area contributed by atoms with Crippen LogP contribution >= 0.6 is 0 Å². The fraction of sp³-hybridized carbons (Fsp3) is 0.538. The van der Waals surface area contributed by atoms with Gasteiger partial charge in [0.05, 0.1) is 0 Å². The molecular weight excluding hydrogens is 244 g/mol. The van der Waals surface area contributed by atoms with Crippen LogP contribution in [0.1, 0.15) is 48.0 Å². The molecule has 100 valence electrons. The number of carbonyl (C=O) groups is 1. The molecule has 6 nitrogen and oxygen atoms in total. The molecule has 0 spiro atoms. The van der Waals surface area contributed by atoms with Crippen molar-refractivity contribution < 1.29 is 9.90 Å². The lowest BCUT2D eigenvalue weighted by atomic mass is 10.1. The zero-order valence-electron chi connectivity index (χ0n) is 11.1. The van der Waals surface area contributed by atoms with E-state index in [-0.39, 0.29) is 6.42 Å². The van der Waals surface area contributed by atoms with Gasteiger partial charge in [-0.2, -0.15) is 4.98 Å². The van der Waals surface area contributed by atoms with Crippen molar-refractivity contribution in [2.45, 2.75) is 45.4 Å². The average Bonchev–Trinajstić information content (AvgIpc) is 3.10. The van der Waals surface area contributed by atoms with E-state index in [0.717, 1.165) is 35.6 Å². The van der Waals surface area contributed by atoms with Gasteiger partial charge in [-0.1, -0.05) is 0 Å². The van der Waals surface area contributed by atoms with Crippen LogP contribution in [-0.2, 0) is 11.2 Å². The smallest absolute Gasteiger partial charge is 0.303 e. The summed E-state index contributed by atoms with van der Waals surface area (Å²) in [6.45, 7) is 3.85. The molecule has 0 saturated heterocycles. The molecule has 1 N–H and O–H groups in total. The maximum atomic E-state index is 10.7. The van der Waals surface area contributed by atoms with Gasteiger partial charge in [0.25, 0.3) is 5.78 Å². The molecule has 2 aromatic heterocycles. The number of hydrogen-bond acceptors (Lipinski definition) is 4. The Labute approximate surface area is 110 Å². The van der Waals surface area contributed by atoms with Crippen LogP contribution in [0.25, 0.3) is 5.78 Å². The number of aromatic nitrogens is 4. The predicted molar refractivity (Wildman–Crippen MR) is 68.2 cm³/mol. The highest BCUT2D eigenvalue weighted by Gasteiger charge is 2.28. The summed E-state index contributed by atoms with van der Waals surface area (Å²) in [6.07, 6.45) is 2.90. The second kappa shape index (κ2) is 4.29. The highest BCUT2D eigenvalue weighted by atomic mass is 16.4. The van der Waals surface area contributed by atoms with E-state index in [0.29, 0.717) is 18.1 Å². The highest BCUT2D eigenvalue weighted by molar-refractivity contribution is 5.67. The number of carboxylic acid groups (broad SMARTS) is 1. The zero-order valence-corrected chi connectivity index (χ0v) is 11.1. The van der Waals surface area contributed by atoms with E-state index >= 15 is 0 Å². The van der Waals surface area contributed by atoms with Crippen LogP contribution in [-0.4, -0.2) is 30.7 Å². The monoisotopic (exact) mass is 260 g/mol. The van der Waals surface area contributed by atoms with Crippen molar-refractivity contribution in [1.82, 2.24) is 19.6 Å². The number of rotatable bonds is 4. The summed E-state index contributed by atoms with van der Waals surface area (Å²) in [6, 6.07) is 0.